The largest absolute Gasteiger partial charge is 0.349 e. The fraction of sp³-hybridized carbons (Fsp3) is 0.600. The van der Waals surface area contributed by atoms with Crippen LogP contribution in [0.3, 0.4) is 0 Å². The van der Waals surface area contributed by atoms with Gasteiger partial charge < -0.3 is 16.0 Å². The molecule has 0 radical (unpaired) electrons. The molecule has 0 unspecified atom stereocenters. The summed E-state index contributed by atoms with van der Waals surface area (Å²) in [6.45, 7) is 4.36. The van der Waals surface area contributed by atoms with E-state index < -0.39 is 0 Å². The molecule has 0 spiro atoms. The number of amides is 1. The van der Waals surface area contributed by atoms with E-state index in [4.69, 9.17) is 5.73 Å². The van der Waals surface area contributed by atoms with Crippen LogP contribution in [-0.4, -0.2) is 42.0 Å². The van der Waals surface area contributed by atoms with Crippen LogP contribution in [0.25, 0.3) is 0 Å². The van der Waals surface area contributed by atoms with Crippen LogP contribution in [0.5, 0.6) is 0 Å². The van der Waals surface area contributed by atoms with Crippen LogP contribution in [0.1, 0.15) is 41.7 Å². The maximum absolute atomic E-state index is 11.9. The summed E-state index contributed by atoms with van der Waals surface area (Å²) in [6, 6.07) is 3.57. The minimum absolute atomic E-state index is 0.108. The van der Waals surface area contributed by atoms with Crippen LogP contribution in [0, 0.1) is 0 Å². The van der Waals surface area contributed by atoms with Crippen LogP contribution in [0.15, 0.2) is 18.3 Å². The summed E-state index contributed by atoms with van der Waals surface area (Å²) in [6.07, 6.45) is 6.87. The molecule has 3 N–H and O–H groups in total. The predicted molar refractivity (Wildman–Crippen MR) is 79.4 cm³/mol. The first kappa shape index (κ1) is 14.9. The summed E-state index contributed by atoms with van der Waals surface area (Å²) >= 11 is 0. The lowest BCUT2D eigenvalue weighted by molar-refractivity contribution is 0.0943. The standard InChI is InChI=1S/C15H24N4O/c16-11-13-5-6-14(18-12-13)15(20)17-7-10-19-8-3-1-2-4-9-19/h5-6,12H,1-4,7-11,16H2,(H,17,20). The van der Waals surface area contributed by atoms with Gasteiger partial charge in [0.1, 0.15) is 5.69 Å². The van der Waals surface area contributed by atoms with E-state index in [0.29, 0.717) is 18.8 Å². The molecule has 0 aliphatic carbocycles. The SMILES string of the molecule is NCc1ccc(C(=O)NCCN2CCCCCC2)nc1. The fourth-order valence-electron chi connectivity index (χ4n) is 2.46. The molecule has 5 nitrogen and oxygen atoms in total. The van der Waals surface area contributed by atoms with Gasteiger partial charge in [-0.05, 0) is 37.6 Å². The second-order valence-electron chi connectivity index (χ2n) is 5.27. The smallest absolute Gasteiger partial charge is 0.269 e. The third-order valence-electron chi connectivity index (χ3n) is 3.71. The predicted octanol–water partition coefficient (Wildman–Crippen LogP) is 1.15. The normalized spacial score (nSPS) is 16.6. The molecule has 110 valence electrons. The molecule has 1 aliphatic rings. The number of carbonyl (C=O) groups excluding carboxylic acids is 1. The average molecular weight is 276 g/mol. The highest BCUT2D eigenvalue weighted by atomic mass is 16.1. The third kappa shape index (κ3) is 4.58. The van der Waals surface area contributed by atoms with E-state index in [9.17, 15) is 4.79 Å². The van der Waals surface area contributed by atoms with Gasteiger partial charge in [-0.2, -0.15) is 0 Å². The fourth-order valence-corrected chi connectivity index (χ4v) is 2.46. The molecule has 2 rings (SSSR count). The lowest BCUT2D eigenvalue weighted by atomic mass is 10.2. The Balaban J connectivity index is 1.73. The van der Waals surface area contributed by atoms with Crippen molar-refractivity contribution in [2.24, 2.45) is 5.73 Å². The van der Waals surface area contributed by atoms with E-state index in [1.54, 1.807) is 12.3 Å². The summed E-state index contributed by atoms with van der Waals surface area (Å²) in [5.41, 5.74) is 6.90. The number of nitrogens with one attached hydrogen (secondary N) is 1. The average Bonchev–Trinajstić information content (AvgIpc) is 2.76. The molecule has 1 amide bonds. The van der Waals surface area contributed by atoms with Crippen LogP contribution >= 0.6 is 0 Å². The number of hydrogen-bond donors (Lipinski definition) is 2. The topological polar surface area (TPSA) is 71.2 Å². The zero-order valence-corrected chi connectivity index (χ0v) is 12.0. The second kappa shape index (κ2) is 7.97. The summed E-state index contributed by atoms with van der Waals surface area (Å²) in [5, 5.41) is 2.93. The van der Waals surface area contributed by atoms with Gasteiger partial charge in [-0.25, -0.2) is 0 Å². The number of likely N-dealkylation sites (tertiary alicyclic amines) is 1. The Morgan fingerprint density at radius 1 is 1.25 bits per heavy atom. The number of nitrogens with two attached hydrogens (primary N) is 1. The van der Waals surface area contributed by atoms with Gasteiger partial charge in [0.25, 0.3) is 5.91 Å². The van der Waals surface area contributed by atoms with Crippen molar-refractivity contribution in [3.63, 3.8) is 0 Å². The van der Waals surface area contributed by atoms with Crippen LogP contribution in [-0.2, 0) is 6.54 Å². The van der Waals surface area contributed by atoms with E-state index in [-0.39, 0.29) is 5.91 Å². The van der Waals surface area contributed by atoms with Crippen LogP contribution in [0.2, 0.25) is 0 Å². The van der Waals surface area contributed by atoms with Crippen molar-refractivity contribution in [3.05, 3.63) is 29.6 Å². The second-order valence-corrected chi connectivity index (χ2v) is 5.27. The molecule has 0 aromatic carbocycles. The number of aromatic nitrogens is 1. The van der Waals surface area contributed by atoms with Gasteiger partial charge in [-0.1, -0.05) is 18.9 Å². The molecular formula is C15H24N4O. The molecule has 5 heteroatoms. The number of pyridine rings is 1. The molecule has 1 aromatic rings. The minimum atomic E-state index is -0.108. The van der Waals surface area contributed by atoms with Gasteiger partial charge in [-0.3, -0.25) is 9.78 Å². The van der Waals surface area contributed by atoms with E-state index in [1.165, 1.54) is 25.7 Å². The van der Waals surface area contributed by atoms with Gasteiger partial charge in [0, 0.05) is 25.8 Å². The Labute approximate surface area is 120 Å². The van der Waals surface area contributed by atoms with Crippen molar-refractivity contribution in [2.45, 2.75) is 32.2 Å². The number of rotatable bonds is 5. The maximum atomic E-state index is 11.9. The van der Waals surface area contributed by atoms with Crippen molar-refractivity contribution in [2.75, 3.05) is 26.2 Å². The number of nitrogens with zero attached hydrogens (tertiary/aromatic N) is 2. The van der Waals surface area contributed by atoms with Gasteiger partial charge >= 0.3 is 0 Å². The van der Waals surface area contributed by atoms with Gasteiger partial charge in [-0.15, -0.1) is 0 Å². The molecule has 0 atom stereocenters. The van der Waals surface area contributed by atoms with E-state index in [2.05, 4.69) is 15.2 Å². The van der Waals surface area contributed by atoms with Crippen molar-refractivity contribution in [3.8, 4) is 0 Å². The zero-order valence-electron chi connectivity index (χ0n) is 12.0. The molecule has 1 aromatic heterocycles. The molecule has 1 aliphatic heterocycles. The Kier molecular flexibility index (Phi) is 5.95. The molecule has 20 heavy (non-hydrogen) atoms. The van der Waals surface area contributed by atoms with Crippen LogP contribution < -0.4 is 11.1 Å². The van der Waals surface area contributed by atoms with Gasteiger partial charge in [0.15, 0.2) is 0 Å². The van der Waals surface area contributed by atoms with Crippen molar-refractivity contribution < 1.29 is 4.79 Å². The maximum Gasteiger partial charge on any atom is 0.269 e. The highest BCUT2D eigenvalue weighted by molar-refractivity contribution is 5.92. The van der Waals surface area contributed by atoms with Crippen molar-refractivity contribution in [1.29, 1.82) is 0 Å². The minimum Gasteiger partial charge on any atom is -0.349 e. The first-order valence-electron chi connectivity index (χ1n) is 7.45. The lowest BCUT2D eigenvalue weighted by Gasteiger charge is -2.19. The first-order valence-corrected chi connectivity index (χ1v) is 7.45. The molecule has 1 saturated heterocycles. The highest BCUT2D eigenvalue weighted by Gasteiger charge is 2.10. The van der Waals surface area contributed by atoms with Crippen LogP contribution in [0.4, 0.5) is 0 Å². The summed E-state index contributed by atoms with van der Waals surface area (Å²) in [7, 11) is 0. The number of hydrogen-bond acceptors (Lipinski definition) is 4. The van der Waals surface area contributed by atoms with Crippen molar-refractivity contribution in [1.82, 2.24) is 15.2 Å². The molecule has 2 heterocycles. The lowest BCUT2D eigenvalue weighted by Crippen LogP contribution is -2.35. The monoisotopic (exact) mass is 276 g/mol. The zero-order chi connectivity index (χ0) is 14.2. The summed E-state index contributed by atoms with van der Waals surface area (Å²) in [4.78, 5) is 18.5. The van der Waals surface area contributed by atoms with E-state index >= 15 is 0 Å². The molecule has 1 fully saturated rings. The Bertz CT molecular complexity index is 410. The van der Waals surface area contributed by atoms with E-state index in [0.717, 1.165) is 25.2 Å². The Hall–Kier alpha value is -1.46. The Morgan fingerprint density at radius 3 is 2.60 bits per heavy atom. The highest BCUT2D eigenvalue weighted by Crippen LogP contribution is 2.08. The van der Waals surface area contributed by atoms with Gasteiger partial charge in [0.2, 0.25) is 0 Å². The van der Waals surface area contributed by atoms with Gasteiger partial charge in [0.05, 0.1) is 0 Å². The number of carbonyl (C=O) groups is 1. The summed E-state index contributed by atoms with van der Waals surface area (Å²) in [5.74, 6) is -0.108. The van der Waals surface area contributed by atoms with Crippen molar-refractivity contribution >= 4 is 5.91 Å². The Morgan fingerprint density at radius 2 is 2.00 bits per heavy atom. The summed E-state index contributed by atoms with van der Waals surface area (Å²) < 4.78 is 0. The molecular weight excluding hydrogens is 252 g/mol. The quantitative estimate of drug-likeness (QED) is 0.846. The van der Waals surface area contributed by atoms with E-state index in [1.807, 2.05) is 6.07 Å². The first-order chi connectivity index (χ1) is 9.79. The molecule has 0 saturated carbocycles. The molecule has 0 bridgehead atoms. The third-order valence-corrected chi connectivity index (χ3v) is 3.71.